The molecule has 16 heavy (non-hydrogen) atoms. The van der Waals surface area contributed by atoms with E-state index in [1.54, 1.807) is 12.1 Å². The van der Waals surface area contributed by atoms with Gasteiger partial charge in [-0.25, -0.2) is 4.39 Å². The summed E-state index contributed by atoms with van der Waals surface area (Å²) in [6.45, 7) is 2.45. The van der Waals surface area contributed by atoms with Crippen molar-refractivity contribution in [1.29, 1.82) is 0 Å². The molecule has 2 rings (SSSR count). The average Bonchev–Trinajstić information content (AvgIpc) is 2.76. The van der Waals surface area contributed by atoms with E-state index in [4.69, 9.17) is 4.74 Å². The number of hydrogen-bond donors (Lipinski definition) is 1. The molecule has 0 aromatic heterocycles. The summed E-state index contributed by atoms with van der Waals surface area (Å²) in [5.41, 5.74) is 1.13. The van der Waals surface area contributed by atoms with Gasteiger partial charge in [-0.2, -0.15) is 0 Å². The number of anilines is 1. The van der Waals surface area contributed by atoms with Gasteiger partial charge in [0.1, 0.15) is 11.9 Å². The van der Waals surface area contributed by atoms with Gasteiger partial charge in [-0.1, -0.05) is 6.07 Å². The van der Waals surface area contributed by atoms with Crippen molar-refractivity contribution in [3.8, 4) is 0 Å². The molecular formula is C12H14FNO2. The fourth-order valence-corrected chi connectivity index (χ4v) is 1.73. The Morgan fingerprint density at radius 3 is 3.06 bits per heavy atom. The minimum Gasteiger partial charge on any atom is -0.368 e. The molecule has 1 fully saturated rings. The largest absolute Gasteiger partial charge is 0.368 e. The lowest BCUT2D eigenvalue weighted by Gasteiger charge is -2.11. The predicted molar refractivity (Wildman–Crippen MR) is 58.7 cm³/mol. The van der Waals surface area contributed by atoms with Gasteiger partial charge in [0.05, 0.1) is 5.69 Å². The minimum atomic E-state index is -0.431. The zero-order valence-corrected chi connectivity index (χ0v) is 9.13. The fourth-order valence-electron chi connectivity index (χ4n) is 1.73. The van der Waals surface area contributed by atoms with Crippen LogP contribution in [-0.2, 0) is 9.53 Å². The monoisotopic (exact) mass is 223 g/mol. The molecular weight excluding hydrogens is 209 g/mol. The van der Waals surface area contributed by atoms with Gasteiger partial charge in [0, 0.05) is 6.61 Å². The third-order valence-corrected chi connectivity index (χ3v) is 2.60. The summed E-state index contributed by atoms with van der Waals surface area (Å²) in [5, 5.41) is 2.55. The number of nitrogens with one attached hydrogen (secondary N) is 1. The Morgan fingerprint density at radius 1 is 1.56 bits per heavy atom. The topological polar surface area (TPSA) is 38.3 Å². The molecule has 3 nitrogen and oxygen atoms in total. The summed E-state index contributed by atoms with van der Waals surface area (Å²) < 4.78 is 18.6. The Kier molecular flexibility index (Phi) is 3.19. The number of rotatable bonds is 2. The Hall–Kier alpha value is -1.42. The van der Waals surface area contributed by atoms with Crippen molar-refractivity contribution in [2.45, 2.75) is 25.9 Å². The van der Waals surface area contributed by atoms with E-state index in [1.807, 2.05) is 6.92 Å². The van der Waals surface area contributed by atoms with Crippen LogP contribution in [0, 0.1) is 12.7 Å². The summed E-state index contributed by atoms with van der Waals surface area (Å²) >= 11 is 0. The van der Waals surface area contributed by atoms with Crippen LogP contribution in [0.4, 0.5) is 10.1 Å². The van der Waals surface area contributed by atoms with E-state index in [-0.39, 0.29) is 11.6 Å². The molecule has 0 saturated carbocycles. The van der Waals surface area contributed by atoms with E-state index < -0.39 is 11.9 Å². The molecule has 1 aliphatic rings. The third-order valence-electron chi connectivity index (χ3n) is 2.60. The first-order chi connectivity index (χ1) is 7.66. The van der Waals surface area contributed by atoms with Crippen molar-refractivity contribution in [3.63, 3.8) is 0 Å². The van der Waals surface area contributed by atoms with Crippen LogP contribution in [0.5, 0.6) is 0 Å². The van der Waals surface area contributed by atoms with Gasteiger partial charge in [-0.05, 0) is 37.5 Å². The average molecular weight is 223 g/mol. The molecule has 1 aromatic carbocycles. The highest BCUT2D eigenvalue weighted by Crippen LogP contribution is 2.18. The second-order valence-corrected chi connectivity index (χ2v) is 3.97. The molecule has 0 unspecified atom stereocenters. The van der Waals surface area contributed by atoms with Crippen LogP contribution < -0.4 is 5.32 Å². The van der Waals surface area contributed by atoms with Gasteiger partial charge in [0.15, 0.2) is 0 Å². The van der Waals surface area contributed by atoms with Crippen molar-refractivity contribution in [1.82, 2.24) is 0 Å². The molecule has 1 aliphatic heterocycles. The van der Waals surface area contributed by atoms with E-state index in [2.05, 4.69) is 5.32 Å². The van der Waals surface area contributed by atoms with Crippen molar-refractivity contribution in [3.05, 3.63) is 29.6 Å². The normalized spacial score (nSPS) is 19.8. The Bertz CT molecular complexity index is 400. The summed E-state index contributed by atoms with van der Waals surface area (Å²) in [5.74, 6) is -0.682. The van der Waals surface area contributed by atoms with Crippen LogP contribution in [0.25, 0.3) is 0 Å². The maximum atomic E-state index is 13.4. The quantitative estimate of drug-likeness (QED) is 0.835. The van der Waals surface area contributed by atoms with Crippen molar-refractivity contribution >= 4 is 11.6 Å². The molecule has 0 aliphatic carbocycles. The smallest absolute Gasteiger partial charge is 0.253 e. The molecule has 0 spiro atoms. The van der Waals surface area contributed by atoms with Gasteiger partial charge < -0.3 is 10.1 Å². The summed E-state index contributed by atoms with van der Waals surface area (Å²) in [4.78, 5) is 11.7. The summed E-state index contributed by atoms with van der Waals surface area (Å²) in [6.07, 6.45) is 1.16. The second-order valence-electron chi connectivity index (χ2n) is 3.97. The fraction of sp³-hybridized carbons (Fsp3) is 0.417. The highest BCUT2D eigenvalue weighted by molar-refractivity contribution is 5.94. The Labute approximate surface area is 93.6 Å². The number of hydrogen-bond acceptors (Lipinski definition) is 2. The maximum absolute atomic E-state index is 13.4. The van der Waals surface area contributed by atoms with Crippen LogP contribution in [0.3, 0.4) is 0 Å². The predicted octanol–water partition coefficient (Wildman–Crippen LogP) is 2.25. The van der Waals surface area contributed by atoms with Crippen LogP contribution in [0.15, 0.2) is 18.2 Å². The number of aryl methyl sites for hydroxylation is 1. The zero-order valence-electron chi connectivity index (χ0n) is 9.13. The lowest BCUT2D eigenvalue weighted by atomic mass is 10.2. The first-order valence-corrected chi connectivity index (χ1v) is 5.35. The van der Waals surface area contributed by atoms with Crippen LogP contribution in [0.1, 0.15) is 18.4 Å². The van der Waals surface area contributed by atoms with E-state index >= 15 is 0 Å². The van der Waals surface area contributed by atoms with E-state index in [0.717, 1.165) is 12.0 Å². The number of benzene rings is 1. The highest BCUT2D eigenvalue weighted by Gasteiger charge is 2.24. The van der Waals surface area contributed by atoms with E-state index in [0.29, 0.717) is 13.0 Å². The van der Waals surface area contributed by atoms with Crippen LogP contribution in [-0.4, -0.2) is 18.6 Å². The molecule has 4 heteroatoms. The van der Waals surface area contributed by atoms with Gasteiger partial charge in [-0.15, -0.1) is 0 Å². The van der Waals surface area contributed by atoms with Crippen molar-refractivity contribution in [2.75, 3.05) is 11.9 Å². The molecule has 1 N–H and O–H groups in total. The van der Waals surface area contributed by atoms with E-state index in [9.17, 15) is 9.18 Å². The SMILES string of the molecule is Cc1ccc(F)c(NC(=O)[C@@H]2CCCO2)c1. The number of carbonyl (C=O) groups is 1. The zero-order chi connectivity index (χ0) is 11.5. The third kappa shape index (κ3) is 2.39. The number of ether oxygens (including phenoxy) is 1. The summed E-state index contributed by atoms with van der Waals surface area (Å²) in [7, 11) is 0. The Balaban J connectivity index is 2.07. The van der Waals surface area contributed by atoms with Crippen LogP contribution in [0.2, 0.25) is 0 Å². The molecule has 0 radical (unpaired) electrons. The molecule has 0 bridgehead atoms. The van der Waals surface area contributed by atoms with Gasteiger partial charge in [0.25, 0.3) is 5.91 Å². The Morgan fingerprint density at radius 2 is 2.38 bits per heavy atom. The number of amides is 1. The second kappa shape index (κ2) is 4.61. The number of halogens is 1. The van der Waals surface area contributed by atoms with Crippen LogP contribution >= 0.6 is 0 Å². The minimum absolute atomic E-state index is 0.223. The lowest BCUT2D eigenvalue weighted by molar-refractivity contribution is -0.124. The summed E-state index contributed by atoms with van der Waals surface area (Å²) in [6, 6.07) is 4.62. The first-order valence-electron chi connectivity index (χ1n) is 5.35. The van der Waals surface area contributed by atoms with E-state index in [1.165, 1.54) is 6.07 Å². The first kappa shape index (κ1) is 11.1. The highest BCUT2D eigenvalue weighted by atomic mass is 19.1. The van der Waals surface area contributed by atoms with Gasteiger partial charge in [-0.3, -0.25) is 4.79 Å². The molecule has 1 saturated heterocycles. The van der Waals surface area contributed by atoms with Gasteiger partial charge in [0.2, 0.25) is 0 Å². The van der Waals surface area contributed by atoms with Crippen molar-refractivity contribution in [2.24, 2.45) is 0 Å². The maximum Gasteiger partial charge on any atom is 0.253 e. The molecule has 86 valence electrons. The standard InChI is InChI=1S/C12H14FNO2/c1-8-4-5-9(13)10(7-8)14-12(15)11-3-2-6-16-11/h4-5,7,11H,2-3,6H2,1H3,(H,14,15)/t11-/m0/s1. The number of carbonyl (C=O) groups excluding carboxylic acids is 1. The lowest BCUT2D eigenvalue weighted by Crippen LogP contribution is -2.27. The molecule has 1 atom stereocenters. The van der Waals surface area contributed by atoms with Crippen molar-refractivity contribution < 1.29 is 13.9 Å². The molecule has 1 amide bonds. The van der Waals surface area contributed by atoms with Gasteiger partial charge >= 0.3 is 0 Å². The molecule has 1 aromatic rings. The molecule has 1 heterocycles.